The van der Waals surface area contributed by atoms with Crippen molar-refractivity contribution in [3.8, 4) is 11.3 Å². The minimum Gasteiger partial charge on any atom is -0.354 e. The first-order valence-electron chi connectivity index (χ1n) is 5.72. The molecule has 0 saturated carbocycles. The van der Waals surface area contributed by atoms with E-state index in [-0.39, 0.29) is 0 Å². The van der Waals surface area contributed by atoms with E-state index in [1.54, 1.807) is 0 Å². The zero-order chi connectivity index (χ0) is 11.4. The van der Waals surface area contributed by atoms with E-state index in [2.05, 4.69) is 35.3 Å². The van der Waals surface area contributed by atoms with E-state index in [1.165, 1.54) is 33.3 Å². The molecule has 82 valence electrons. The zero-order valence-corrected chi connectivity index (χ0v) is 9.88. The van der Waals surface area contributed by atoms with Crippen LogP contribution in [0.5, 0.6) is 0 Å². The number of rotatable bonds is 0. The molecule has 1 aliphatic carbocycles. The Morgan fingerprint density at radius 2 is 1.82 bits per heavy atom. The number of nitrogens with one attached hydrogen (secondary N) is 1. The van der Waals surface area contributed by atoms with Crippen molar-refractivity contribution < 1.29 is 0 Å². The van der Waals surface area contributed by atoms with Crippen molar-refractivity contribution >= 4 is 22.5 Å². The fraction of sp³-hybridized carbons (Fsp3) is 0.0667. The van der Waals surface area contributed by atoms with Crippen molar-refractivity contribution in [2.45, 2.75) is 6.42 Å². The monoisotopic (exact) mass is 239 g/mol. The van der Waals surface area contributed by atoms with Crippen LogP contribution in [0.4, 0.5) is 0 Å². The molecule has 2 aromatic carbocycles. The second kappa shape index (κ2) is 3.14. The number of aromatic nitrogens is 1. The molecular weight excluding hydrogens is 230 g/mol. The van der Waals surface area contributed by atoms with Crippen LogP contribution in [0.25, 0.3) is 22.2 Å². The summed E-state index contributed by atoms with van der Waals surface area (Å²) in [7, 11) is 0. The summed E-state index contributed by atoms with van der Waals surface area (Å²) in [5.41, 5.74) is 6.33. The van der Waals surface area contributed by atoms with Crippen LogP contribution in [-0.4, -0.2) is 4.98 Å². The summed E-state index contributed by atoms with van der Waals surface area (Å²) in [4.78, 5) is 3.50. The molecule has 0 spiro atoms. The minimum absolute atomic E-state index is 0.871. The van der Waals surface area contributed by atoms with Crippen molar-refractivity contribution in [1.29, 1.82) is 0 Å². The molecule has 0 amide bonds. The Labute approximate surface area is 104 Å². The van der Waals surface area contributed by atoms with Gasteiger partial charge in [0.15, 0.2) is 0 Å². The van der Waals surface area contributed by atoms with Crippen molar-refractivity contribution in [2.24, 2.45) is 0 Å². The normalized spacial score (nSPS) is 12.8. The van der Waals surface area contributed by atoms with E-state index in [0.717, 1.165) is 11.4 Å². The van der Waals surface area contributed by atoms with Gasteiger partial charge in [-0.2, -0.15) is 0 Å². The molecule has 1 nitrogen and oxygen atoms in total. The second-order valence-electron chi connectivity index (χ2n) is 4.47. The van der Waals surface area contributed by atoms with Gasteiger partial charge in [0.25, 0.3) is 0 Å². The molecule has 1 N–H and O–H groups in total. The lowest BCUT2D eigenvalue weighted by molar-refractivity contribution is 1.29. The highest BCUT2D eigenvalue weighted by molar-refractivity contribution is 6.32. The Morgan fingerprint density at radius 3 is 2.76 bits per heavy atom. The number of H-pyrrole nitrogens is 1. The molecule has 0 unspecified atom stereocenters. The number of hydrogen-bond acceptors (Lipinski definition) is 0. The molecule has 1 heterocycles. The summed E-state index contributed by atoms with van der Waals surface area (Å²) in [6.45, 7) is 0. The zero-order valence-electron chi connectivity index (χ0n) is 9.13. The highest BCUT2D eigenvalue weighted by atomic mass is 35.5. The average molecular weight is 240 g/mol. The largest absolute Gasteiger partial charge is 0.354 e. The minimum atomic E-state index is 0.871. The van der Waals surface area contributed by atoms with Crippen molar-refractivity contribution in [1.82, 2.24) is 4.98 Å². The fourth-order valence-corrected chi connectivity index (χ4v) is 3.00. The molecule has 0 bridgehead atoms. The molecule has 3 aromatic rings. The van der Waals surface area contributed by atoms with Gasteiger partial charge in [0.2, 0.25) is 0 Å². The molecule has 1 aliphatic rings. The lowest BCUT2D eigenvalue weighted by atomic mass is 10.1. The van der Waals surface area contributed by atoms with Crippen LogP contribution >= 0.6 is 11.6 Å². The highest BCUT2D eigenvalue weighted by Gasteiger charge is 2.24. The van der Waals surface area contributed by atoms with Gasteiger partial charge in [0.05, 0.1) is 5.69 Å². The first-order valence-corrected chi connectivity index (χ1v) is 6.10. The highest BCUT2D eigenvalue weighted by Crippen LogP contribution is 2.42. The molecule has 0 radical (unpaired) electrons. The summed E-state index contributed by atoms with van der Waals surface area (Å²) >= 11 is 6.25. The predicted molar refractivity (Wildman–Crippen MR) is 71.6 cm³/mol. The van der Waals surface area contributed by atoms with E-state index >= 15 is 0 Å². The second-order valence-corrected chi connectivity index (χ2v) is 4.87. The van der Waals surface area contributed by atoms with Crippen molar-refractivity contribution in [3.05, 3.63) is 58.6 Å². The van der Waals surface area contributed by atoms with Crippen LogP contribution in [0.3, 0.4) is 0 Å². The van der Waals surface area contributed by atoms with E-state index in [1.807, 2.05) is 12.1 Å². The maximum Gasteiger partial charge on any atom is 0.0504 e. The van der Waals surface area contributed by atoms with Gasteiger partial charge >= 0.3 is 0 Å². The summed E-state index contributed by atoms with van der Waals surface area (Å²) < 4.78 is 0. The summed E-state index contributed by atoms with van der Waals surface area (Å²) in [6, 6.07) is 14.6. The number of halogens is 1. The molecule has 4 rings (SSSR count). The predicted octanol–water partition coefficient (Wildman–Crippen LogP) is 4.39. The van der Waals surface area contributed by atoms with Gasteiger partial charge in [-0.05, 0) is 23.3 Å². The van der Waals surface area contributed by atoms with Gasteiger partial charge in [-0.3, -0.25) is 0 Å². The molecule has 2 heteroatoms. The number of fused-ring (bicyclic) bond motifs is 5. The van der Waals surface area contributed by atoms with Gasteiger partial charge in [0.1, 0.15) is 0 Å². The molecule has 0 fully saturated rings. The summed E-state index contributed by atoms with van der Waals surface area (Å²) in [6.07, 6.45) is 0.939. The average Bonchev–Trinajstić information content (AvgIpc) is 2.87. The van der Waals surface area contributed by atoms with Gasteiger partial charge in [-0.15, -0.1) is 0 Å². The Kier molecular flexibility index (Phi) is 1.72. The number of benzene rings is 2. The van der Waals surface area contributed by atoms with E-state index < -0.39 is 0 Å². The summed E-state index contributed by atoms with van der Waals surface area (Å²) in [5, 5.41) is 2.19. The number of aromatic amines is 1. The van der Waals surface area contributed by atoms with E-state index in [4.69, 9.17) is 11.6 Å². The van der Waals surface area contributed by atoms with Gasteiger partial charge in [-0.25, -0.2) is 0 Å². The lowest BCUT2D eigenvalue weighted by Crippen LogP contribution is -1.83. The van der Waals surface area contributed by atoms with Crippen LogP contribution in [0.1, 0.15) is 11.1 Å². The molecule has 0 aliphatic heterocycles. The molecule has 17 heavy (non-hydrogen) atoms. The molecular formula is C15H10ClN. The SMILES string of the molecule is Clc1cccc2c1Cc1c-2[nH]c2ccccc12. The first kappa shape index (κ1) is 9.32. The number of hydrogen-bond donors (Lipinski definition) is 1. The summed E-state index contributed by atoms with van der Waals surface area (Å²) in [5.74, 6) is 0. The van der Waals surface area contributed by atoms with Crippen molar-refractivity contribution in [3.63, 3.8) is 0 Å². The van der Waals surface area contributed by atoms with Gasteiger partial charge in [-0.1, -0.05) is 41.9 Å². The molecule has 1 aromatic heterocycles. The van der Waals surface area contributed by atoms with Crippen LogP contribution in [-0.2, 0) is 6.42 Å². The third kappa shape index (κ3) is 1.15. The first-order chi connectivity index (χ1) is 8.34. The Morgan fingerprint density at radius 1 is 0.941 bits per heavy atom. The Hall–Kier alpha value is -1.73. The van der Waals surface area contributed by atoms with Crippen LogP contribution < -0.4 is 0 Å². The smallest absolute Gasteiger partial charge is 0.0504 e. The molecule has 0 atom stereocenters. The standard InChI is InChI=1S/C15H10ClN/c16-13-6-3-5-10-11(13)8-12-9-4-1-2-7-14(9)17-15(10)12/h1-7,17H,8H2. The third-order valence-electron chi connectivity index (χ3n) is 3.56. The van der Waals surface area contributed by atoms with Gasteiger partial charge in [0, 0.05) is 27.9 Å². The maximum atomic E-state index is 6.25. The quantitative estimate of drug-likeness (QED) is 0.468. The van der Waals surface area contributed by atoms with Crippen LogP contribution in [0.15, 0.2) is 42.5 Å². The Balaban J connectivity index is 2.10. The van der Waals surface area contributed by atoms with E-state index in [9.17, 15) is 0 Å². The number of para-hydroxylation sites is 1. The fourth-order valence-electron chi connectivity index (χ4n) is 2.76. The van der Waals surface area contributed by atoms with Gasteiger partial charge < -0.3 is 4.98 Å². The molecule has 0 saturated heterocycles. The van der Waals surface area contributed by atoms with Crippen LogP contribution in [0, 0.1) is 0 Å². The maximum absolute atomic E-state index is 6.25. The lowest BCUT2D eigenvalue weighted by Gasteiger charge is -2.01. The van der Waals surface area contributed by atoms with Crippen molar-refractivity contribution in [2.75, 3.05) is 0 Å². The van der Waals surface area contributed by atoms with E-state index in [0.29, 0.717) is 0 Å². The topological polar surface area (TPSA) is 15.8 Å². The Bertz CT molecular complexity index is 740. The third-order valence-corrected chi connectivity index (χ3v) is 3.91. The van der Waals surface area contributed by atoms with Crippen LogP contribution in [0.2, 0.25) is 5.02 Å².